The molecule has 3 heteroatoms. The third-order valence-corrected chi connectivity index (χ3v) is 2.29. The second-order valence-electron chi connectivity index (χ2n) is 3.18. The second kappa shape index (κ2) is 5.23. The number of hydrogen-bond acceptors (Lipinski definition) is 3. The quantitative estimate of drug-likeness (QED) is 0.625. The SMILES string of the molecule is COC(=O)C(C#N)[C@H]1C=CC=CCC1. The Bertz CT molecular complexity index is 299. The Morgan fingerprint density at radius 1 is 1.64 bits per heavy atom. The summed E-state index contributed by atoms with van der Waals surface area (Å²) in [6.45, 7) is 0. The Morgan fingerprint density at radius 2 is 2.43 bits per heavy atom. The van der Waals surface area contributed by atoms with Crippen molar-refractivity contribution in [2.24, 2.45) is 11.8 Å². The van der Waals surface area contributed by atoms with E-state index < -0.39 is 11.9 Å². The number of carbonyl (C=O) groups is 1. The van der Waals surface area contributed by atoms with Crippen molar-refractivity contribution in [3.05, 3.63) is 24.3 Å². The van der Waals surface area contributed by atoms with E-state index in [0.717, 1.165) is 12.8 Å². The first-order valence-electron chi connectivity index (χ1n) is 4.60. The van der Waals surface area contributed by atoms with Gasteiger partial charge in [-0.15, -0.1) is 0 Å². The van der Waals surface area contributed by atoms with Crippen LogP contribution in [0.5, 0.6) is 0 Å². The summed E-state index contributed by atoms with van der Waals surface area (Å²) in [5.74, 6) is -1.14. The maximum absolute atomic E-state index is 11.3. The number of allylic oxidation sites excluding steroid dienone is 4. The van der Waals surface area contributed by atoms with Crippen molar-refractivity contribution in [3.63, 3.8) is 0 Å². The molecule has 3 nitrogen and oxygen atoms in total. The number of rotatable bonds is 2. The molecule has 0 spiro atoms. The van der Waals surface area contributed by atoms with Gasteiger partial charge < -0.3 is 4.74 Å². The third kappa shape index (κ3) is 2.46. The summed E-state index contributed by atoms with van der Waals surface area (Å²) < 4.78 is 4.58. The van der Waals surface area contributed by atoms with Crippen LogP contribution in [0.4, 0.5) is 0 Å². The zero-order chi connectivity index (χ0) is 10.4. The van der Waals surface area contributed by atoms with Crippen molar-refractivity contribution < 1.29 is 9.53 Å². The van der Waals surface area contributed by atoms with Gasteiger partial charge in [-0.05, 0) is 12.8 Å². The predicted molar refractivity (Wildman–Crippen MR) is 52.1 cm³/mol. The van der Waals surface area contributed by atoms with Gasteiger partial charge in [0.25, 0.3) is 0 Å². The summed E-state index contributed by atoms with van der Waals surface area (Å²) in [7, 11) is 1.31. The lowest BCUT2D eigenvalue weighted by molar-refractivity contribution is -0.144. The Balaban J connectivity index is 2.70. The van der Waals surface area contributed by atoms with Gasteiger partial charge in [-0.1, -0.05) is 24.3 Å². The van der Waals surface area contributed by atoms with Crippen LogP contribution in [0.3, 0.4) is 0 Å². The fourth-order valence-electron chi connectivity index (χ4n) is 1.49. The lowest BCUT2D eigenvalue weighted by atomic mass is 9.90. The van der Waals surface area contributed by atoms with Crippen molar-refractivity contribution >= 4 is 5.97 Å². The Labute approximate surface area is 83.7 Å². The molecule has 0 saturated heterocycles. The van der Waals surface area contributed by atoms with Crippen molar-refractivity contribution in [1.82, 2.24) is 0 Å². The van der Waals surface area contributed by atoms with E-state index in [2.05, 4.69) is 4.74 Å². The molecule has 1 aliphatic carbocycles. The van der Waals surface area contributed by atoms with Crippen molar-refractivity contribution in [2.45, 2.75) is 12.8 Å². The highest BCUT2D eigenvalue weighted by Gasteiger charge is 2.26. The van der Waals surface area contributed by atoms with Crippen molar-refractivity contribution in [2.75, 3.05) is 7.11 Å². The van der Waals surface area contributed by atoms with Gasteiger partial charge in [-0.2, -0.15) is 5.26 Å². The maximum Gasteiger partial charge on any atom is 0.323 e. The second-order valence-corrected chi connectivity index (χ2v) is 3.18. The Kier molecular flexibility index (Phi) is 3.93. The van der Waals surface area contributed by atoms with Gasteiger partial charge in [0.1, 0.15) is 5.92 Å². The van der Waals surface area contributed by atoms with Crippen LogP contribution in [0.2, 0.25) is 0 Å². The summed E-state index contributed by atoms with van der Waals surface area (Å²) in [6.07, 6.45) is 9.46. The molecule has 0 amide bonds. The molecule has 2 atom stereocenters. The lowest BCUT2D eigenvalue weighted by Gasteiger charge is -2.14. The molecule has 1 rings (SSSR count). The van der Waals surface area contributed by atoms with E-state index in [-0.39, 0.29) is 5.92 Å². The fourth-order valence-corrected chi connectivity index (χ4v) is 1.49. The number of methoxy groups -OCH3 is 1. The number of nitriles is 1. The summed E-state index contributed by atoms with van der Waals surface area (Å²) in [4.78, 5) is 11.3. The molecule has 0 radical (unpaired) electrons. The summed E-state index contributed by atoms with van der Waals surface area (Å²) in [6, 6.07) is 2.00. The predicted octanol–water partition coefficient (Wildman–Crippen LogP) is 1.82. The minimum Gasteiger partial charge on any atom is -0.468 e. The van der Waals surface area contributed by atoms with Crippen molar-refractivity contribution in [3.8, 4) is 6.07 Å². The molecule has 0 bridgehead atoms. The number of esters is 1. The van der Waals surface area contributed by atoms with Gasteiger partial charge in [0, 0.05) is 5.92 Å². The molecule has 1 unspecified atom stereocenters. The van der Waals surface area contributed by atoms with Gasteiger partial charge in [0.2, 0.25) is 0 Å². The number of nitrogens with zero attached hydrogens (tertiary/aromatic N) is 1. The molecular weight excluding hydrogens is 178 g/mol. The first-order valence-corrected chi connectivity index (χ1v) is 4.60. The summed E-state index contributed by atoms with van der Waals surface area (Å²) in [5, 5.41) is 8.87. The molecule has 14 heavy (non-hydrogen) atoms. The van der Waals surface area contributed by atoms with E-state index in [9.17, 15) is 4.79 Å². The smallest absolute Gasteiger partial charge is 0.323 e. The number of hydrogen-bond donors (Lipinski definition) is 0. The van der Waals surface area contributed by atoms with Crippen LogP contribution >= 0.6 is 0 Å². The van der Waals surface area contributed by atoms with E-state index in [1.807, 2.05) is 30.4 Å². The van der Waals surface area contributed by atoms with E-state index in [0.29, 0.717) is 0 Å². The molecule has 0 aromatic rings. The van der Waals surface area contributed by atoms with E-state index in [1.54, 1.807) is 0 Å². The van der Waals surface area contributed by atoms with Crippen LogP contribution in [0.15, 0.2) is 24.3 Å². The fraction of sp³-hybridized carbons (Fsp3) is 0.455. The number of ether oxygens (including phenoxy) is 1. The van der Waals surface area contributed by atoms with Crippen LogP contribution in [-0.4, -0.2) is 13.1 Å². The third-order valence-electron chi connectivity index (χ3n) is 2.29. The first-order chi connectivity index (χ1) is 6.79. The monoisotopic (exact) mass is 191 g/mol. The molecule has 0 aromatic heterocycles. The van der Waals surface area contributed by atoms with Crippen LogP contribution in [0, 0.1) is 23.2 Å². The van der Waals surface area contributed by atoms with Crippen LogP contribution in [-0.2, 0) is 9.53 Å². The minimum atomic E-state index is -0.670. The highest BCUT2D eigenvalue weighted by Crippen LogP contribution is 2.22. The van der Waals surface area contributed by atoms with E-state index in [4.69, 9.17) is 5.26 Å². The minimum absolute atomic E-state index is 0.0255. The molecule has 0 saturated carbocycles. The van der Waals surface area contributed by atoms with Crippen LogP contribution in [0.25, 0.3) is 0 Å². The summed E-state index contributed by atoms with van der Waals surface area (Å²) in [5.41, 5.74) is 0. The molecular formula is C11H13NO2. The van der Waals surface area contributed by atoms with Crippen LogP contribution in [0.1, 0.15) is 12.8 Å². The highest BCUT2D eigenvalue weighted by molar-refractivity contribution is 5.75. The van der Waals surface area contributed by atoms with Crippen LogP contribution < -0.4 is 0 Å². The zero-order valence-electron chi connectivity index (χ0n) is 8.14. The molecule has 0 aliphatic heterocycles. The average Bonchev–Trinajstić information content (AvgIpc) is 2.47. The zero-order valence-corrected chi connectivity index (χ0v) is 8.14. The normalized spacial score (nSPS) is 22.1. The van der Waals surface area contributed by atoms with Crippen molar-refractivity contribution in [1.29, 1.82) is 5.26 Å². The van der Waals surface area contributed by atoms with Gasteiger partial charge in [0.05, 0.1) is 13.2 Å². The van der Waals surface area contributed by atoms with Gasteiger partial charge in [0.15, 0.2) is 0 Å². The molecule has 0 N–H and O–H groups in total. The highest BCUT2D eigenvalue weighted by atomic mass is 16.5. The lowest BCUT2D eigenvalue weighted by Crippen LogP contribution is -2.22. The Hall–Kier alpha value is -1.56. The largest absolute Gasteiger partial charge is 0.468 e. The Morgan fingerprint density at radius 3 is 3.07 bits per heavy atom. The standard InChI is InChI=1S/C11H13NO2/c1-14-11(13)10(8-12)9-6-4-2-3-5-7-9/h2-4,6,9-10H,5,7H2,1H3/t9-,10?/m0/s1. The molecule has 0 aromatic carbocycles. The van der Waals surface area contributed by atoms with E-state index in [1.165, 1.54) is 7.11 Å². The summed E-state index contributed by atoms with van der Waals surface area (Å²) >= 11 is 0. The van der Waals surface area contributed by atoms with Gasteiger partial charge >= 0.3 is 5.97 Å². The molecule has 1 aliphatic rings. The maximum atomic E-state index is 11.3. The van der Waals surface area contributed by atoms with Gasteiger partial charge in [-0.25, -0.2) is 0 Å². The average molecular weight is 191 g/mol. The first kappa shape index (κ1) is 10.5. The molecule has 0 fully saturated rings. The van der Waals surface area contributed by atoms with Gasteiger partial charge in [-0.3, -0.25) is 4.79 Å². The topological polar surface area (TPSA) is 50.1 Å². The molecule has 0 heterocycles. The van der Waals surface area contributed by atoms with E-state index >= 15 is 0 Å². The molecule has 74 valence electrons. The number of carbonyl (C=O) groups excluding carboxylic acids is 1.